The highest BCUT2D eigenvalue weighted by atomic mass is 32.2. The molecule has 2 amide bonds. The van der Waals surface area contributed by atoms with E-state index in [1.165, 1.54) is 18.6 Å². The molecule has 0 radical (unpaired) electrons. The van der Waals surface area contributed by atoms with E-state index in [2.05, 4.69) is 25.4 Å². The minimum atomic E-state index is -3.73. The van der Waals surface area contributed by atoms with E-state index < -0.39 is 10.0 Å². The third-order valence-electron chi connectivity index (χ3n) is 4.65. The molecule has 1 aromatic heterocycles. The lowest BCUT2D eigenvalue weighted by Gasteiger charge is -2.15. The first-order valence-corrected chi connectivity index (χ1v) is 10.5. The van der Waals surface area contributed by atoms with Crippen molar-refractivity contribution < 1.29 is 13.2 Å². The topological polar surface area (TPSA) is 132 Å². The SMILES string of the molecule is C[C@H](NC(=O)NCc1nnc2n1CCCCC2)c1ccc(S(N)(=O)=O)cc1. The van der Waals surface area contributed by atoms with Crippen molar-refractivity contribution in [2.24, 2.45) is 5.14 Å². The smallest absolute Gasteiger partial charge is 0.315 e. The molecule has 1 atom stereocenters. The van der Waals surface area contributed by atoms with Gasteiger partial charge in [-0.15, -0.1) is 10.2 Å². The first-order valence-electron chi connectivity index (χ1n) is 8.92. The summed E-state index contributed by atoms with van der Waals surface area (Å²) < 4.78 is 24.7. The summed E-state index contributed by atoms with van der Waals surface area (Å²) in [6.45, 7) is 3.00. The number of benzene rings is 1. The fourth-order valence-corrected chi connectivity index (χ4v) is 3.63. The van der Waals surface area contributed by atoms with Crippen LogP contribution in [0.1, 0.15) is 49.4 Å². The fraction of sp³-hybridized carbons (Fsp3) is 0.471. The van der Waals surface area contributed by atoms with Gasteiger partial charge in [0.05, 0.1) is 17.5 Å². The van der Waals surface area contributed by atoms with Crippen molar-refractivity contribution in [3.63, 3.8) is 0 Å². The molecule has 0 aliphatic carbocycles. The Morgan fingerprint density at radius 1 is 1.22 bits per heavy atom. The van der Waals surface area contributed by atoms with Crippen LogP contribution in [-0.2, 0) is 29.5 Å². The number of amides is 2. The molecule has 0 saturated carbocycles. The zero-order valence-corrected chi connectivity index (χ0v) is 16.0. The van der Waals surface area contributed by atoms with Crippen LogP contribution in [0.5, 0.6) is 0 Å². The van der Waals surface area contributed by atoms with Crippen LogP contribution in [0.2, 0.25) is 0 Å². The third kappa shape index (κ3) is 4.83. The van der Waals surface area contributed by atoms with E-state index in [-0.39, 0.29) is 17.0 Å². The molecule has 2 heterocycles. The first kappa shape index (κ1) is 19.3. The predicted octanol–water partition coefficient (Wildman–Crippen LogP) is 1.21. The van der Waals surface area contributed by atoms with E-state index in [0.29, 0.717) is 6.54 Å². The molecule has 27 heavy (non-hydrogen) atoms. The van der Waals surface area contributed by atoms with Gasteiger partial charge in [-0.05, 0) is 37.5 Å². The molecule has 2 aromatic rings. The minimum absolute atomic E-state index is 0.0374. The molecule has 10 heteroatoms. The Balaban J connectivity index is 1.55. The van der Waals surface area contributed by atoms with E-state index in [4.69, 9.17) is 5.14 Å². The number of carbonyl (C=O) groups excluding carboxylic acids is 1. The number of sulfonamides is 1. The van der Waals surface area contributed by atoms with Crippen LogP contribution < -0.4 is 15.8 Å². The van der Waals surface area contributed by atoms with Crippen molar-refractivity contribution in [2.45, 2.75) is 56.6 Å². The lowest BCUT2D eigenvalue weighted by atomic mass is 10.1. The standard InChI is InChI=1S/C17H24N6O3S/c1-12(13-6-8-14(9-7-13)27(18,25)26)20-17(24)19-11-16-22-21-15-5-3-2-4-10-23(15)16/h6-9,12H,2-5,10-11H2,1H3,(H2,18,25,26)(H2,19,20,24)/t12-/m0/s1. The maximum Gasteiger partial charge on any atom is 0.315 e. The van der Waals surface area contributed by atoms with Gasteiger partial charge in [-0.1, -0.05) is 18.6 Å². The highest BCUT2D eigenvalue weighted by Gasteiger charge is 2.16. The summed E-state index contributed by atoms with van der Waals surface area (Å²) in [5.41, 5.74) is 0.772. The third-order valence-corrected chi connectivity index (χ3v) is 5.58. The van der Waals surface area contributed by atoms with Crippen LogP contribution in [0.3, 0.4) is 0 Å². The second-order valence-electron chi connectivity index (χ2n) is 6.66. The van der Waals surface area contributed by atoms with Gasteiger partial charge >= 0.3 is 6.03 Å². The van der Waals surface area contributed by atoms with Gasteiger partial charge in [-0.3, -0.25) is 0 Å². The van der Waals surface area contributed by atoms with E-state index in [1.807, 2.05) is 6.92 Å². The Labute approximate surface area is 158 Å². The molecule has 1 aliphatic heterocycles. The summed E-state index contributed by atoms with van der Waals surface area (Å²) in [6.07, 6.45) is 4.31. The normalized spacial score (nSPS) is 15.5. The number of hydrogen-bond donors (Lipinski definition) is 3. The van der Waals surface area contributed by atoms with Crippen LogP contribution in [0.25, 0.3) is 0 Å². The van der Waals surface area contributed by atoms with Crippen LogP contribution in [0.15, 0.2) is 29.2 Å². The number of nitrogens with one attached hydrogen (secondary N) is 2. The Bertz CT molecular complexity index is 907. The van der Waals surface area contributed by atoms with E-state index in [1.54, 1.807) is 12.1 Å². The zero-order chi connectivity index (χ0) is 19.4. The lowest BCUT2D eigenvalue weighted by molar-refractivity contribution is 0.237. The molecule has 1 aliphatic rings. The van der Waals surface area contributed by atoms with Crippen LogP contribution >= 0.6 is 0 Å². The number of carbonyl (C=O) groups is 1. The molecule has 146 valence electrons. The van der Waals surface area contributed by atoms with Gasteiger partial charge in [0.25, 0.3) is 0 Å². The zero-order valence-electron chi connectivity index (χ0n) is 15.2. The summed E-state index contributed by atoms with van der Waals surface area (Å²) >= 11 is 0. The molecule has 0 unspecified atom stereocenters. The largest absolute Gasteiger partial charge is 0.332 e. The van der Waals surface area contributed by atoms with Gasteiger partial charge in [-0.2, -0.15) is 0 Å². The summed E-state index contributed by atoms with van der Waals surface area (Å²) in [5.74, 6) is 1.74. The van der Waals surface area contributed by atoms with Gasteiger partial charge in [0.1, 0.15) is 5.82 Å². The number of hydrogen-bond acceptors (Lipinski definition) is 5. The summed E-state index contributed by atoms with van der Waals surface area (Å²) in [4.78, 5) is 12.2. The molecule has 1 aromatic carbocycles. The van der Waals surface area contributed by atoms with E-state index in [9.17, 15) is 13.2 Å². The Kier molecular flexibility index (Phi) is 5.76. The molecule has 0 bridgehead atoms. The predicted molar refractivity (Wildman–Crippen MR) is 99.2 cm³/mol. The summed E-state index contributed by atoms with van der Waals surface area (Å²) in [5, 5.41) is 19.1. The van der Waals surface area contributed by atoms with Crippen molar-refractivity contribution in [1.29, 1.82) is 0 Å². The maximum absolute atomic E-state index is 12.2. The van der Waals surface area contributed by atoms with E-state index >= 15 is 0 Å². The Morgan fingerprint density at radius 3 is 2.67 bits per heavy atom. The van der Waals surface area contributed by atoms with Gasteiger partial charge in [0, 0.05) is 13.0 Å². The second-order valence-corrected chi connectivity index (χ2v) is 8.22. The molecular weight excluding hydrogens is 368 g/mol. The summed E-state index contributed by atoms with van der Waals surface area (Å²) in [7, 11) is -3.73. The maximum atomic E-state index is 12.2. The molecule has 0 fully saturated rings. The molecule has 3 rings (SSSR count). The molecular formula is C17H24N6O3S. The monoisotopic (exact) mass is 392 g/mol. The van der Waals surface area contributed by atoms with Crippen molar-refractivity contribution in [1.82, 2.24) is 25.4 Å². The van der Waals surface area contributed by atoms with Gasteiger partial charge in [0.15, 0.2) is 5.82 Å². The van der Waals surface area contributed by atoms with Crippen molar-refractivity contribution >= 4 is 16.1 Å². The number of rotatable bonds is 5. The minimum Gasteiger partial charge on any atom is -0.332 e. The Hall–Kier alpha value is -2.46. The molecule has 0 saturated heterocycles. The number of aromatic nitrogens is 3. The van der Waals surface area contributed by atoms with Crippen molar-refractivity contribution in [3.8, 4) is 0 Å². The fourth-order valence-electron chi connectivity index (χ4n) is 3.11. The van der Waals surface area contributed by atoms with Crippen molar-refractivity contribution in [3.05, 3.63) is 41.5 Å². The highest BCUT2D eigenvalue weighted by molar-refractivity contribution is 7.89. The van der Waals surface area contributed by atoms with Gasteiger partial charge in [0.2, 0.25) is 10.0 Å². The second kappa shape index (κ2) is 8.05. The molecule has 4 N–H and O–H groups in total. The average Bonchev–Trinajstić information content (AvgIpc) is 2.85. The molecule has 9 nitrogen and oxygen atoms in total. The number of aryl methyl sites for hydroxylation is 1. The number of primary sulfonamides is 1. The number of nitrogens with zero attached hydrogens (tertiary/aromatic N) is 3. The van der Waals surface area contributed by atoms with Gasteiger partial charge < -0.3 is 15.2 Å². The van der Waals surface area contributed by atoms with Crippen LogP contribution in [-0.4, -0.2) is 29.2 Å². The van der Waals surface area contributed by atoms with Crippen LogP contribution in [0, 0.1) is 0 Å². The van der Waals surface area contributed by atoms with Gasteiger partial charge in [-0.25, -0.2) is 18.4 Å². The summed E-state index contributed by atoms with van der Waals surface area (Å²) in [6, 6.07) is 5.48. The van der Waals surface area contributed by atoms with E-state index in [0.717, 1.165) is 43.0 Å². The number of nitrogens with two attached hydrogens (primary N) is 1. The molecule has 0 spiro atoms. The van der Waals surface area contributed by atoms with Crippen molar-refractivity contribution in [2.75, 3.05) is 0 Å². The number of urea groups is 1. The number of fused-ring (bicyclic) bond motifs is 1. The lowest BCUT2D eigenvalue weighted by Crippen LogP contribution is -2.37. The highest BCUT2D eigenvalue weighted by Crippen LogP contribution is 2.16. The first-order chi connectivity index (χ1) is 12.8. The average molecular weight is 392 g/mol. The Morgan fingerprint density at radius 2 is 1.96 bits per heavy atom. The van der Waals surface area contributed by atoms with Crippen LogP contribution in [0.4, 0.5) is 4.79 Å². The quantitative estimate of drug-likeness (QED) is 0.704.